The molecule has 3 heterocycles. The van der Waals surface area contributed by atoms with E-state index in [-0.39, 0.29) is 13.0 Å². The van der Waals surface area contributed by atoms with E-state index in [1.807, 2.05) is 6.92 Å². The fourth-order valence-corrected chi connectivity index (χ4v) is 2.86. The molecule has 3 rings (SSSR count). The molecule has 2 N–H and O–H groups in total. The molecule has 0 aliphatic carbocycles. The van der Waals surface area contributed by atoms with Crippen LogP contribution in [-0.4, -0.2) is 75.6 Å². The Morgan fingerprint density at radius 1 is 1.46 bits per heavy atom. The molecule has 0 aromatic carbocycles. The standard InChI is InChI=1S/C15H22N4O5/c1-10(18-4-6-23-7-5-18)16-13-2-3-19(15(22)17-13)14-8-11(21)12(9-20)24-14/h2-3,11-12,14,20-21H,4-9H2,1H3/b16-10-/t11-,12-,14-/m1/s1. The van der Waals surface area contributed by atoms with Crippen molar-refractivity contribution in [3.8, 4) is 0 Å². The Balaban J connectivity index is 1.74. The van der Waals surface area contributed by atoms with Crippen LogP contribution >= 0.6 is 0 Å². The van der Waals surface area contributed by atoms with Crippen molar-refractivity contribution in [2.75, 3.05) is 32.9 Å². The molecule has 132 valence electrons. The molecule has 2 aliphatic heterocycles. The van der Waals surface area contributed by atoms with Crippen LogP contribution in [0.4, 0.5) is 5.82 Å². The maximum atomic E-state index is 12.2. The Morgan fingerprint density at radius 3 is 2.83 bits per heavy atom. The van der Waals surface area contributed by atoms with Gasteiger partial charge < -0.3 is 24.6 Å². The number of rotatable bonds is 3. The molecular formula is C15H22N4O5. The zero-order chi connectivity index (χ0) is 17.1. The van der Waals surface area contributed by atoms with Gasteiger partial charge in [-0.05, 0) is 13.0 Å². The third-order valence-electron chi connectivity index (χ3n) is 4.25. The molecule has 0 radical (unpaired) electrons. The van der Waals surface area contributed by atoms with Gasteiger partial charge >= 0.3 is 5.69 Å². The number of hydrogen-bond donors (Lipinski definition) is 2. The first-order valence-electron chi connectivity index (χ1n) is 8.00. The highest BCUT2D eigenvalue weighted by molar-refractivity contribution is 5.82. The lowest BCUT2D eigenvalue weighted by Gasteiger charge is -2.28. The van der Waals surface area contributed by atoms with Gasteiger partial charge in [0.15, 0.2) is 5.82 Å². The van der Waals surface area contributed by atoms with Gasteiger partial charge in [0.25, 0.3) is 0 Å². The number of aromatic nitrogens is 2. The van der Waals surface area contributed by atoms with Gasteiger partial charge in [-0.3, -0.25) is 4.57 Å². The monoisotopic (exact) mass is 338 g/mol. The van der Waals surface area contributed by atoms with Gasteiger partial charge in [-0.15, -0.1) is 0 Å². The van der Waals surface area contributed by atoms with Crippen LogP contribution in [0, 0.1) is 0 Å². The molecule has 9 nitrogen and oxygen atoms in total. The second kappa shape index (κ2) is 7.39. The average molecular weight is 338 g/mol. The summed E-state index contributed by atoms with van der Waals surface area (Å²) < 4.78 is 12.1. The number of hydrogen-bond acceptors (Lipinski definition) is 7. The van der Waals surface area contributed by atoms with Gasteiger partial charge in [-0.25, -0.2) is 9.79 Å². The first-order valence-corrected chi connectivity index (χ1v) is 8.00. The van der Waals surface area contributed by atoms with Crippen LogP contribution in [0.15, 0.2) is 22.1 Å². The van der Waals surface area contributed by atoms with Gasteiger partial charge in [0.2, 0.25) is 0 Å². The zero-order valence-corrected chi connectivity index (χ0v) is 13.5. The zero-order valence-electron chi connectivity index (χ0n) is 13.5. The minimum absolute atomic E-state index is 0.238. The number of amidine groups is 1. The molecule has 2 fully saturated rings. The van der Waals surface area contributed by atoms with Crippen LogP contribution in [-0.2, 0) is 9.47 Å². The average Bonchev–Trinajstić information content (AvgIpc) is 2.96. The number of aliphatic hydroxyl groups excluding tert-OH is 2. The number of morpholine rings is 1. The molecule has 2 saturated heterocycles. The third kappa shape index (κ3) is 3.64. The van der Waals surface area contributed by atoms with Gasteiger partial charge in [0.1, 0.15) is 18.2 Å². The second-order valence-corrected chi connectivity index (χ2v) is 5.85. The number of aliphatic hydroxyl groups is 2. The number of nitrogens with zero attached hydrogens (tertiary/aromatic N) is 4. The molecular weight excluding hydrogens is 316 g/mol. The van der Waals surface area contributed by atoms with E-state index in [2.05, 4.69) is 14.9 Å². The predicted molar refractivity (Wildman–Crippen MR) is 85.3 cm³/mol. The van der Waals surface area contributed by atoms with Crippen molar-refractivity contribution in [3.05, 3.63) is 22.7 Å². The third-order valence-corrected chi connectivity index (χ3v) is 4.25. The first-order chi connectivity index (χ1) is 11.6. The second-order valence-electron chi connectivity index (χ2n) is 5.85. The maximum Gasteiger partial charge on any atom is 0.351 e. The summed E-state index contributed by atoms with van der Waals surface area (Å²) in [5.74, 6) is 1.12. The van der Waals surface area contributed by atoms with Crippen molar-refractivity contribution in [3.63, 3.8) is 0 Å². The van der Waals surface area contributed by atoms with Crippen molar-refractivity contribution in [1.82, 2.24) is 14.5 Å². The van der Waals surface area contributed by atoms with E-state index in [4.69, 9.17) is 14.6 Å². The summed E-state index contributed by atoms with van der Waals surface area (Å²) in [5, 5.41) is 18.9. The van der Waals surface area contributed by atoms with E-state index in [1.165, 1.54) is 4.57 Å². The smallest absolute Gasteiger partial charge is 0.351 e. The lowest BCUT2D eigenvalue weighted by atomic mass is 10.2. The number of ether oxygens (including phenoxy) is 2. The van der Waals surface area contributed by atoms with E-state index in [0.717, 1.165) is 18.9 Å². The normalized spacial score (nSPS) is 28.4. The Kier molecular flexibility index (Phi) is 5.24. The van der Waals surface area contributed by atoms with E-state index >= 15 is 0 Å². The summed E-state index contributed by atoms with van der Waals surface area (Å²) in [6.07, 6.45) is -0.313. The molecule has 1 aromatic rings. The van der Waals surface area contributed by atoms with Crippen LogP contribution < -0.4 is 5.69 Å². The highest BCUT2D eigenvalue weighted by Crippen LogP contribution is 2.27. The highest BCUT2D eigenvalue weighted by Gasteiger charge is 2.34. The van der Waals surface area contributed by atoms with Crippen molar-refractivity contribution >= 4 is 11.7 Å². The van der Waals surface area contributed by atoms with Crippen LogP contribution in [0.5, 0.6) is 0 Å². The van der Waals surface area contributed by atoms with Crippen molar-refractivity contribution in [2.24, 2.45) is 4.99 Å². The van der Waals surface area contributed by atoms with Crippen LogP contribution in [0.3, 0.4) is 0 Å². The minimum atomic E-state index is -0.798. The molecule has 0 amide bonds. The lowest BCUT2D eigenvalue weighted by Crippen LogP contribution is -2.39. The van der Waals surface area contributed by atoms with Gasteiger partial charge in [-0.2, -0.15) is 4.98 Å². The summed E-state index contributed by atoms with van der Waals surface area (Å²) in [5.41, 5.74) is -0.498. The Labute approximate surface area is 139 Å². The summed E-state index contributed by atoms with van der Waals surface area (Å²) in [6, 6.07) is 1.63. The van der Waals surface area contributed by atoms with Crippen LogP contribution in [0.25, 0.3) is 0 Å². The molecule has 0 saturated carbocycles. The highest BCUT2D eigenvalue weighted by atomic mass is 16.5. The van der Waals surface area contributed by atoms with Crippen LogP contribution in [0.2, 0.25) is 0 Å². The van der Waals surface area contributed by atoms with E-state index in [0.29, 0.717) is 19.0 Å². The summed E-state index contributed by atoms with van der Waals surface area (Å²) in [4.78, 5) is 22.6. The number of aliphatic imine (C=N–C) groups is 1. The Bertz CT molecular complexity index is 656. The van der Waals surface area contributed by atoms with Crippen molar-refractivity contribution in [1.29, 1.82) is 0 Å². The molecule has 0 bridgehead atoms. The Hall–Kier alpha value is -1.81. The van der Waals surface area contributed by atoms with Crippen molar-refractivity contribution < 1.29 is 19.7 Å². The molecule has 0 unspecified atom stereocenters. The summed E-state index contributed by atoms with van der Waals surface area (Å²) in [7, 11) is 0. The van der Waals surface area contributed by atoms with Gasteiger partial charge in [0.05, 0.1) is 25.9 Å². The van der Waals surface area contributed by atoms with Crippen molar-refractivity contribution in [2.45, 2.75) is 31.8 Å². The van der Waals surface area contributed by atoms with E-state index in [9.17, 15) is 9.90 Å². The summed E-state index contributed by atoms with van der Waals surface area (Å²) in [6.45, 7) is 4.44. The molecule has 9 heteroatoms. The van der Waals surface area contributed by atoms with E-state index < -0.39 is 24.1 Å². The van der Waals surface area contributed by atoms with E-state index in [1.54, 1.807) is 12.3 Å². The topological polar surface area (TPSA) is 109 Å². The largest absolute Gasteiger partial charge is 0.394 e. The molecule has 0 spiro atoms. The fraction of sp³-hybridized carbons (Fsp3) is 0.667. The Morgan fingerprint density at radius 2 is 2.21 bits per heavy atom. The molecule has 3 atom stereocenters. The predicted octanol–water partition coefficient (Wildman–Crippen LogP) is -0.734. The fourth-order valence-electron chi connectivity index (χ4n) is 2.86. The SMILES string of the molecule is C/C(=N/c1ccn([C@H]2C[C@@H](O)[C@@H](CO)O2)c(=O)n1)N1CCOCC1. The summed E-state index contributed by atoms with van der Waals surface area (Å²) >= 11 is 0. The van der Waals surface area contributed by atoms with Gasteiger partial charge in [-0.1, -0.05) is 0 Å². The molecule has 2 aliphatic rings. The molecule has 1 aromatic heterocycles. The maximum absolute atomic E-state index is 12.2. The quantitative estimate of drug-likeness (QED) is 0.552. The lowest BCUT2D eigenvalue weighted by molar-refractivity contribution is -0.0458. The van der Waals surface area contributed by atoms with Gasteiger partial charge in [0, 0.05) is 25.7 Å². The van der Waals surface area contributed by atoms with Crippen LogP contribution in [0.1, 0.15) is 19.6 Å². The molecule has 24 heavy (non-hydrogen) atoms. The minimum Gasteiger partial charge on any atom is -0.394 e. The first kappa shape index (κ1) is 17.0.